The van der Waals surface area contributed by atoms with E-state index in [1.165, 1.54) is 29.2 Å². The highest BCUT2D eigenvalue weighted by Gasteiger charge is 2.28. The van der Waals surface area contributed by atoms with Crippen molar-refractivity contribution in [2.75, 3.05) is 11.9 Å². The van der Waals surface area contributed by atoms with E-state index in [1.54, 1.807) is 13.8 Å². The summed E-state index contributed by atoms with van der Waals surface area (Å²) in [6.07, 6.45) is 6.60. The van der Waals surface area contributed by atoms with Crippen molar-refractivity contribution in [1.82, 2.24) is 9.97 Å². The molecule has 1 unspecified atom stereocenters. The molecule has 0 fully saturated rings. The highest BCUT2D eigenvalue weighted by atomic mass is 32.2. The van der Waals surface area contributed by atoms with Gasteiger partial charge in [0.15, 0.2) is 5.16 Å². The second kappa shape index (κ2) is 10.9. The van der Waals surface area contributed by atoms with Crippen molar-refractivity contribution in [2.24, 2.45) is 0 Å². The van der Waals surface area contributed by atoms with E-state index in [0.29, 0.717) is 27.8 Å². The Kier molecular flexibility index (Phi) is 8.31. The molecule has 2 aromatic rings. The second-order valence-corrected chi connectivity index (χ2v) is 9.96. The van der Waals surface area contributed by atoms with Gasteiger partial charge in [-0.05, 0) is 51.5 Å². The standard InChI is InChI=1S/C22H29N3O4S2/c1-4-9-14-12-17(26)24-22(23-14)30-13(3)19(27)25-20-18(21(28)29-5-2)15-10-7-6-8-11-16(15)31-20/h12-13H,4-11H2,1-3H3,(H,25,27)(H,23,24,26). The van der Waals surface area contributed by atoms with E-state index in [0.717, 1.165) is 49.0 Å². The van der Waals surface area contributed by atoms with Crippen LogP contribution in [-0.4, -0.2) is 33.7 Å². The highest BCUT2D eigenvalue weighted by Crippen LogP contribution is 2.38. The lowest BCUT2D eigenvalue weighted by Gasteiger charge is -2.12. The number of esters is 1. The first-order valence-electron chi connectivity index (χ1n) is 10.8. The summed E-state index contributed by atoms with van der Waals surface area (Å²) >= 11 is 2.68. The molecule has 0 aliphatic heterocycles. The summed E-state index contributed by atoms with van der Waals surface area (Å²) in [5.74, 6) is -0.619. The van der Waals surface area contributed by atoms with Crippen molar-refractivity contribution < 1.29 is 14.3 Å². The molecule has 2 aromatic heterocycles. The van der Waals surface area contributed by atoms with Crippen LogP contribution in [0.3, 0.4) is 0 Å². The van der Waals surface area contributed by atoms with Crippen LogP contribution in [0.1, 0.15) is 72.9 Å². The van der Waals surface area contributed by atoms with Gasteiger partial charge in [-0.3, -0.25) is 9.59 Å². The Labute approximate surface area is 190 Å². The van der Waals surface area contributed by atoms with Crippen LogP contribution in [0.2, 0.25) is 0 Å². The number of aryl methyl sites for hydroxylation is 2. The lowest BCUT2D eigenvalue weighted by atomic mass is 10.1. The van der Waals surface area contributed by atoms with Crippen LogP contribution in [0.5, 0.6) is 0 Å². The molecule has 31 heavy (non-hydrogen) atoms. The quantitative estimate of drug-likeness (QED) is 0.261. The summed E-state index contributed by atoms with van der Waals surface area (Å²) in [4.78, 5) is 45.8. The summed E-state index contributed by atoms with van der Waals surface area (Å²) in [6.45, 7) is 5.85. The largest absolute Gasteiger partial charge is 0.462 e. The number of hydrogen-bond donors (Lipinski definition) is 2. The first kappa shape index (κ1) is 23.5. The van der Waals surface area contributed by atoms with Gasteiger partial charge >= 0.3 is 5.97 Å². The fourth-order valence-electron chi connectivity index (χ4n) is 3.61. The lowest BCUT2D eigenvalue weighted by Crippen LogP contribution is -2.24. The fourth-order valence-corrected chi connectivity index (χ4v) is 5.72. The van der Waals surface area contributed by atoms with Crippen LogP contribution in [-0.2, 0) is 28.8 Å². The number of amides is 1. The van der Waals surface area contributed by atoms with Gasteiger partial charge in [-0.1, -0.05) is 31.5 Å². The van der Waals surface area contributed by atoms with E-state index >= 15 is 0 Å². The number of fused-ring (bicyclic) bond motifs is 1. The van der Waals surface area contributed by atoms with Crippen LogP contribution in [0.4, 0.5) is 5.00 Å². The van der Waals surface area contributed by atoms with Crippen molar-refractivity contribution in [2.45, 2.75) is 76.1 Å². The Morgan fingerprint density at radius 1 is 1.29 bits per heavy atom. The number of rotatable bonds is 8. The summed E-state index contributed by atoms with van der Waals surface area (Å²) in [6, 6.07) is 1.49. The number of ether oxygens (including phenoxy) is 1. The zero-order valence-corrected chi connectivity index (χ0v) is 19.8. The molecule has 0 radical (unpaired) electrons. The maximum absolute atomic E-state index is 12.9. The van der Waals surface area contributed by atoms with E-state index in [-0.39, 0.29) is 24.0 Å². The van der Waals surface area contributed by atoms with E-state index in [1.807, 2.05) is 6.92 Å². The third kappa shape index (κ3) is 5.98. The Hall–Kier alpha value is -2.13. The van der Waals surface area contributed by atoms with Crippen LogP contribution in [0, 0.1) is 0 Å². The minimum Gasteiger partial charge on any atom is -0.462 e. The Balaban J connectivity index is 1.79. The first-order chi connectivity index (χ1) is 14.9. The summed E-state index contributed by atoms with van der Waals surface area (Å²) in [5.41, 5.74) is 2.02. The molecule has 0 aromatic carbocycles. The molecule has 1 amide bonds. The molecule has 1 aliphatic rings. The van der Waals surface area contributed by atoms with Gasteiger partial charge in [0.05, 0.1) is 17.4 Å². The van der Waals surface area contributed by atoms with Gasteiger partial charge in [0.25, 0.3) is 5.56 Å². The number of carbonyl (C=O) groups is 2. The molecule has 1 aliphatic carbocycles. The Morgan fingerprint density at radius 2 is 2.06 bits per heavy atom. The molecule has 2 heterocycles. The minimum atomic E-state index is -0.503. The van der Waals surface area contributed by atoms with Gasteiger partial charge in [0, 0.05) is 16.6 Å². The smallest absolute Gasteiger partial charge is 0.341 e. The van der Waals surface area contributed by atoms with Gasteiger partial charge in [0.1, 0.15) is 5.00 Å². The highest BCUT2D eigenvalue weighted by molar-refractivity contribution is 8.00. The predicted molar refractivity (Wildman–Crippen MR) is 124 cm³/mol. The Bertz CT molecular complexity index is 999. The van der Waals surface area contributed by atoms with Crippen molar-refractivity contribution in [3.05, 3.63) is 38.1 Å². The monoisotopic (exact) mass is 463 g/mol. The van der Waals surface area contributed by atoms with E-state index in [2.05, 4.69) is 15.3 Å². The van der Waals surface area contributed by atoms with Gasteiger partial charge in [0.2, 0.25) is 5.91 Å². The van der Waals surface area contributed by atoms with Gasteiger partial charge in [-0.2, -0.15) is 0 Å². The summed E-state index contributed by atoms with van der Waals surface area (Å²) < 4.78 is 5.28. The van der Waals surface area contributed by atoms with Crippen LogP contribution in [0.15, 0.2) is 16.0 Å². The van der Waals surface area contributed by atoms with Crippen molar-refractivity contribution in [1.29, 1.82) is 0 Å². The van der Waals surface area contributed by atoms with E-state index in [4.69, 9.17) is 4.74 Å². The second-order valence-electron chi connectivity index (χ2n) is 7.53. The lowest BCUT2D eigenvalue weighted by molar-refractivity contribution is -0.115. The molecular formula is C22H29N3O4S2. The number of thioether (sulfide) groups is 1. The molecule has 0 spiro atoms. The van der Waals surface area contributed by atoms with E-state index in [9.17, 15) is 14.4 Å². The molecular weight excluding hydrogens is 434 g/mol. The zero-order valence-electron chi connectivity index (χ0n) is 18.2. The topological polar surface area (TPSA) is 101 Å². The first-order valence-corrected chi connectivity index (χ1v) is 12.5. The third-order valence-electron chi connectivity index (χ3n) is 5.07. The summed E-state index contributed by atoms with van der Waals surface area (Å²) in [5, 5.41) is 3.42. The molecule has 0 saturated carbocycles. The van der Waals surface area contributed by atoms with Gasteiger partial charge in [-0.15, -0.1) is 11.3 Å². The molecule has 0 saturated heterocycles. The molecule has 9 heteroatoms. The molecule has 0 bridgehead atoms. The molecule has 168 valence electrons. The van der Waals surface area contributed by atoms with Gasteiger partial charge in [-0.25, -0.2) is 9.78 Å². The number of H-pyrrole nitrogens is 1. The third-order valence-corrected chi connectivity index (χ3v) is 7.27. The number of carbonyl (C=O) groups excluding carboxylic acids is 2. The number of thiophene rings is 1. The van der Waals surface area contributed by atoms with E-state index < -0.39 is 5.25 Å². The number of aromatic nitrogens is 2. The SMILES string of the molecule is CCCc1cc(=O)[nH]c(SC(C)C(=O)Nc2sc3c(c2C(=O)OCC)CCCCC3)n1. The van der Waals surface area contributed by atoms with Gasteiger partial charge < -0.3 is 15.0 Å². The summed E-state index contributed by atoms with van der Waals surface area (Å²) in [7, 11) is 0. The van der Waals surface area contributed by atoms with Crippen LogP contribution in [0.25, 0.3) is 0 Å². The maximum atomic E-state index is 12.9. The average molecular weight is 464 g/mol. The molecule has 7 nitrogen and oxygen atoms in total. The average Bonchev–Trinajstić information content (AvgIpc) is 2.88. The zero-order chi connectivity index (χ0) is 22.4. The number of aromatic amines is 1. The molecule has 1 atom stereocenters. The number of hydrogen-bond acceptors (Lipinski definition) is 7. The van der Waals surface area contributed by atoms with Crippen molar-refractivity contribution in [3.63, 3.8) is 0 Å². The van der Waals surface area contributed by atoms with Crippen LogP contribution >= 0.6 is 23.1 Å². The Morgan fingerprint density at radius 3 is 2.81 bits per heavy atom. The molecule has 2 N–H and O–H groups in total. The van der Waals surface area contributed by atoms with Crippen LogP contribution < -0.4 is 10.9 Å². The van der Waals surface area contributed by atoms with Crippen molar-refractivity contribution >= 4 is 40.0 Å². The number of nitrogens with one attached hydrogen (secondary N) is 2. The maximum Gasteiger partial charge on any atom is 0.341 e. The normalized spacial score (nSPS) is 14.4. The fraction of sp³-hybridized carbons (Fsp3) is 0.545. The number of nitrogens with zero attached hydrogens (tertiary/aromatic N) is 1. The predicted octanol–water partition coefficient (Wildman–Crippen LogP) is 4.35. The van der Waals surface area contributed by atoms with Crippen molar-refractivity contribution in [3.8, 4) is 0 Å². The minimum absolute atomic E-state index is 0.222. The molecule has 3 rings (SSSR count). The number of anilines is 1.